The molecule has 2 heterocycles. The molecule has 1 atom stereocenters. The Balaban J connectivity index is 1.41. The van der Waals surface area contributed by atoms with Crippen molar-refractivity contribution in [3.63, 3.8) is 0 Å². The van der Waals surface area contributed by atoms with Crippen molar-refractivity contribution >= 4 is 21.7 Å². The number of carbonyl (C=O) groups is 1. The molecule has 1 aliphatic rings. The van der Waals surface area contributed by atoms with Gasteiger partial charge in [0.15, 0.2) is 17.6 Å². The third-order valence-electron chi connectivity index (χ3n) is 4.43. The van der Waals surface area contributed by atoms with Gasteiger partial charge in [-0.3, -0.25) is 9.40 Å². The highest BCUT2D eigenvalue weighted by Crippen LogP contribution is 2.31. The van der Waals surface area contributed by atoms with Crippen molar-refractivity contribution in [2.45, 2.75) is 17.5 Å². The number of carbonyl (C=O) groups excluding carboxylic acids is 1. The first-order chi connectivity index (χ1) is 14.4. The van der Waals surface area contributed by atoms with Gasteiger partial charge in [0.25, 0.3) is 10.0 Å². The molecule has 1 N–H and O–H groups in total. The number of anilines is 1. The first-order valence-electron chi connectivity index (χ1n) is 9.07. The van der Waals surface area contributed by atoms with Crippen LogP contribution >= 0.6 is 0 Å². The lowest BCUT2D eigenvalue weighted by molar-refractivity contribution is 0.0600. The molecule has 3 aromatic rings. The fourth-order valence-electron chi connectivity index (χ4n) is 2.98. The van der Waals surface area contributed by atoms with Crippen LogP contribution < -0.4 is 14.2 Å². The van der Waals surface area contributed by atoms with Crippen molar-refractivity contribution in [3.8, 4) is 11.5 Å². The number of esters is 1. The number of rotatable bonds is 6. The smallest absolute Gasteiger partial charge is 0.337 e. The normalized spacial score (nSPS) is 15.4. The molecule has 1 aromatic heterocycles. The van der Waals surface area contributed by atoms with Gasteiger partial charge < -0.3 is 14.2 Å². The Bertz CT molecular complexity index is 1160. The third kappa shape index (κ3) is 4.23. The summed E-state index contributed by atoms with van der Waals surface area (Å²) >= 11 is 0. The first kappa shape index (κ1) is 19.8. The topological polar surface area (TPSA) is 109 Å². The highest BCUT2D eigenvalue weighted by atomic mass is 32.2. The summed E-state index contributed by atoms with van der Waals surface area (Å²) in [5.74, 6) is 0.822. The van der Waals surface area contributed by atoms with Crippen LogP contribution in [0.1, 0.15) is 10.4 Å². The van der Waals surface area contributed by atoms with Crippen molar-refractivity contribution in [2.75, 3.05) is 18.4 Å². The molecule has 0 radical (unpaired) electrons. The quantitative estimate of drug-likeness (QED) is 0.599. The number of fused-ring (bicyclic) bond motifs is 1. The summed E-state index contributed by atoms with van der Waals surface area (Å²) in [6, 6.07) is 12.9. The van der Waals surface area contributed by atoms with Gasteiger partial charge in [0, 0.05) is 6.20 Å². The molecular weight excluding hydrogens is 410 g/mol. The van der Waals surface area contributed by atoms with Crippen molar-refractivity contribution in [1.82, 2.24) is 9.78 Å². The number of hydrogen-bond donors (Lipinski definition) is 1. The number of ether oxygens (including phenoxy) is 3. The summed E-state index contributed by atoms with van der Waals surface area (Å²) in [6.07, 6.45) is 2.73. The standard InChI is InChI=1S/C20H19N3O6S/c1-27-20(24)14-6-8-17(9-7-14)30(25,26)22-15-10-21-23(11-15)12-16-13-28-18-4-2-3-5-19(18)29-16/h2-11,16,22H,12-13H2,1H3. The minimum Gasteiger partial charge on any atom is -0.486 e. The Labute approximate surface area is 173 Å². The van der Waals surface area contributed by atoms with Crippen molar-refractivity contribution < 1.29 is 27.4 Å². The van der Waals surface area contributed by atoms with E-state index < -0.39 is 16.0 Å². The van der Waals surface area contributed by atoms with Crippen LogP contribution in [0.5, 0.6) is 11.5 Å². The monoisotopic (exact) mass is 429 g/mol. The maximum absolute atomic E-state index is 12.6. The highest BCUT2D eigenvalue weighted by molar-refractivity contribution is 7.92. The molecule has 0 amide bonds. The molecule has 9 nitrogen and oxygen atoms in total. The Kier molecular flexibility index (Phi) is 5.32. The summed E-state index contributed by atoms with van der Waals surface area (Å²) in [5.41, 5.74) is 0.574. The molecular formula is C20H19N3O6S. The Morgan fingerprint density at radius 2 is 1.93 bits per heavy atom. The number of nitrogens with one attached hydrogen (secondary N) is 1. The molecule has 0 saturated heterocycles. The zero-order valence-corrected chi connectivity index (χ0v) is 16.8. The molecule has 0 fully saturated rings. The van der Waals surface area contributed by atoms with Crippen LogP contribution in [0.2, 0.25) is 0 Å². The lowest BCUT2D eigenvalue weighted by Gasteiger charge is -2.26. The van der Waals surface area contributed by atoms with E-state index in [0.29, 0.717) is 30.3 Å². The second kappa shape index (κ2) is 8.07. The number of benzene rings is 2. The molecule has 30 heavy (non-hydrogen) atoms. The summed E-state index contributed by atoms with van der Waals surface area (Å²) in [4.78, 5) is 11.5. The summed E-state index contributed by atoms with van der Waals surface area (Å²) in [7, 11) is -2.57. The lowest BCUT2D eigenvalue weighted by Crippen LogP contribution is -2.33. The number of aromatic nitrogens is 2. The van der Waals surface area contributed by atoms with E-state index in [1.807, 2.05) is 24.3 Å². The summed E-state index contributed by atoms with van der Waals surface area (Å²) < 4.78 is 45.4. The molecule has 4 rings (SSSR count). The van der Waals surface area contributed by atoms with Crippen LogP contribution in [0.4, 0.5) is 5.69 Å². The second-order valence-corrected chi connectivity index (χ2v) is 8.25. The number of para-hydroxylation sites is 2. The SMILES string of the molecule is COC(=O)c1ccc(S(=O)(=O)Nc2cnn(CC3COc4ccccc4O3)c2)cc1. The molecule has 10 heteroatoms. The van der Waals surface area contributed by atoms with Crippen LogP contribution in [-0.4, -0.2) is 44.0 Å². The number of nitrogens with zero attached hydrogens (tertiary/aromatic N) is 2. The zero-order chi connectivity index (χ0) is 21.1. The zero-order valence-electron chi connectivity index (χ0n) is 16.0. The van der Waals surface area contributed by atoms with Gasteiger partial charge >= 0.3 is 5.97 Å². The predicted molar refractivity (Wildman–Crippen MR) is 107 cm³/mol. The molecule has 0 aliphatic carbocycles. The fourth-order valence-corrected chi connectivity index (χ4v) is 4.01. The Morgan fingerprint density at radius 3 is 2.67 bits per heavy atom. The Hall–Kier alpha value is -3.53. The van der Waals surface area contributed by atoms with Gasteiger partial charge in [-0.15, -0.1) is 0 Å². The van der Waals surface area contributed by atoms with E-state index in [1.54, 1.807) is 10.9 Å². The minimum atomic E-state index is -3.83. The molecule has 156 valence electrons. The van der Waals surface area contributed by atoms with Gasteiger partial charge in [-0.2, -0.15) is 5.10 Å². The third-order valence-corrected chi connectivity index (χ3v) is 5.83. The molecule has 1 unspecified atom stereocenters. The maximum atomic E-state index is 12.6. The van der Waals surface area contributed by atoms with E-state index >= 15 is 0 Å². The molecule has 1 aliphatic heterocycles. The number of hydrogen-bond acceptors (Lipinski definition) is 7. The molecule has 2 aromatic carbocycles. The minimum absolute atomic E-state index is 0.0172. The van der Waals surface area contributed by atoms with Gasteiger partial charge in [-0.25, -0.2) is 13.2 Å². The maximum Gasteiger partial charge on any atom is 0.337 e. The van der Waals surface area contributed by atoms with Crippen molar-refractivity contribution in [3.05, 3.63) is 66.5 Å². The van der Waals surface area contributed by atoms with Crippen LogP contribution in [0.15, 0.2) is 65.8 Å². The Morgan fingerprint density at radius 1 is 1.20 bits per heavy atom. The van der Waals surface area contributed by atoms with Crippen LogP contribution in [-0.2, 0) is 21.3 Å². The number of methoxy groups -OCH3 is 1. The van der Waals surface area contributed by atoms with Crippen LogP contribution in [0.3, 0.4) is 0 Å². The largest absolute Gasteiger partial charge is 0.486 e. The fraction of sp³-hybridized carbons (Fsp3) is 0.200. The van der Waals surface area contributed by atoms with Gasteiger partial charge in [-0.05, 0) is 36.4 Å². The van der Waals surface area contributed by atoms with E-state index in [2.05, 4.69) is 14.6 Å². The predicted octanol–water partition coefficient (Wildman–Crippen LogP) is 2.31. The van der Waals surface area contributed by atoms with E-state index in [1.165, 1.54) is 37.6 Å². The average Bonchev–Trinajstić information content (AvgIpc) is 3.19. The van der Waals surface area contributed by atoms with Gasteiger partial charge in [0.2, 0.25) is 0 Å². The van der Waals surface area contributed by atoms with Crippen LogP contribution in [0, 0.1) is 0 Å². The highest BCUT2D eigenvalue weighted by Gasteiger charge is 2.22. The van der Waals surface area contributed by atoms with Crippen molar-refractivity contribution in [1.29, 1.82) is 0 Å². The van der Waals surface area contributed by atoms with Gasteiger partial charge in [-0.1, -0.05) is 12.1 Å². The van der Waals surface area contributed by atoms with E-state index in [9.17, 15) is 13.2 Å². The lowest BCUT2D eigenvalue weighted by atomic mass is 10.2. The van der Waals surface area contributed by atoms with E-state index in [0.717, 1.165) is 0 Å². The average molecular weight is 429 g/mol. The summed E-state index contributed by atoms with van der Waals surface area (Å²) in [5, 5.41) is 4.19. The molecule has 0 saturated carbocycles. The van der Waals surface area contributed by atoms with E-state index in [4.69, 9.17) is 9.47 Å². The molecule has 0 spiro atoms. The van der Waals surface area contributed by atoms with Gasteiger partial charge in [0.05, 0.1) is 36.0 Å². The van der Waals surface area contributed by atoms with Gasteiger partial charge in [0.1, 0.15) is 6.61 Å². The second-order valence-electron chi connectivity index (χ2n) is 6.57. The number of sulfonamides is 1. The van der Waals surface area contributed by atoms with Crippen molar-refractivity contribution in [2.24, 2.45) is 0 Å². The summed E-state index contributed by atoms with van der Waals surface area (Å²) in [6.45, 7) is 0.758. The first-order valence-corrected chi connectivity index (χ1v) is 10.5. The molecule has 0 bridgehead atoms. The van der Waals surface area contributed by atoms with Crippen LogP contribution in [0.25, 0.3) is 0 Å². The van der Waals surface area contributed by atoms with E-state index in [-0.39, 0.29) is 16.6 Å².